The highest BCUT2D eigenvalue weighted by Crippen LogP contribution is 2.14. The summed E-state index contributed by atoms with van der Waals surface area (Å²) in [5.41, 5.74) is 0. The lowest BCUT2D eigenvalue weighted by molar-refractivity contribution is -0.166. The number of carbonyl (C=O) groups excluding carboxylic acids is 3. The Kier molecular flexibility index (Phi) is 63.5. The van der Waals surface area contributed by atoms with Gasteiger partial charge in [-0.2, -0.15) is 0 Å². The lowest BCUT2D eigenvalue weighted by Gasteiger charge is -2.18. The molecule has 0 saturated carbocycles. The molecule has 0 aromatic carbocycles. The molecule has 0 saturated heterocycles. The van der Waals surface area contributed by atoms with E-state index in [0.29, 0.717) is 19.3 Å². The van der Waals surface area contributed by atoms with E-state index in [-0.39, 0.29) is 38.0 Å². The molecule has 0 fully saturated rings. The summed E-state index contributed by atoms with van der Waals surface area (Å²) in [6.45, 7) is 6.17. The Morgan fingerprint density at radius 2 is 0.470 bits per heavy atom. The van der Waals surface area contributed by atoms with Crippen molar-refractivity contribution < 1.29 is 28.6 Å². The molecule has 460 valence electrons. The van der Waals surface area contributed by atoms with Crippen LogP contribution in [0.15, 0.2) is 207 Å². The van der Waals surface area contributed by atoms with Crippen LogP contribution in [0.2, 0.25) is 0 Å². The predicted molar refractivity (Wildman–Crippen MR) is 361 cm³/mol. The first-order chi connectivity index (χ1) is 41.0. The zero-order chi connectivity index (χ0) is 59.9. The molecule has 6 nitrogen and oxygen atoms in total. The molecule has 0 aliphatic rings. The van der Waals surface area contributed by atoms with E-state index in [1.165, 1.54) is 44.9 Å². The maximum atomic E-state index is 12.9. The van der Waals surface area contributed by atoms with Crippen molar-refractivity contribution in [3.05, 3.63) is 207 Å². The number of hydrogen-bond acceptors (Lipinski definition) is 6. The molecule has 0 N–H and O–H groups in total. The van der Waals surface area contributed by atoms with E-state index < -0.39 is 12.1 Å². The van der Waals surface area contributed by atoms with Gasteiger partial charge in [0.05, 0.1) is 0 Å². The highest BCUT2D eigenvalue weighted by molar-refractivity contribution is 5.71. The molecule has 0 amide bonds. The minimum Gasteiger partial charge on any atom is -0.462 e. The standard InChI is InChI=1S/C77H116O6/c1-4-7-10-13-16-19-22-25-28-31-33-34-35-36-37-38-39-40-41-42-44-46-49-52-55-58-61-64-67-70-76(79)82-73-74(72-81-75(78)69-66-63-60-57-54-51-48-45-30-27-24-21-18-15-12-9-6-3)83-77(80)71-68-65-62-59-56-53-50-47-43-32-29-26-23-20-17-14-11-8-5-2/h7-12,16-21,25-30,33-34,36-37,39-40,43,47-48,51,53,56-57,60,62,65,74H,4-6,13-15,22-24,31-32,35,38,41-42,44-46,49-50,52,54-55,58-59,61,63-64,66-73H2,1-3H3/b10-7-,11-8-,12-9-,19-16-,20-17-,21-18-,28-25-,29-26-,30-27-,34-33-,37-36-,40-39-,47-43-,51-48-,56-53-,60-57-,65-62-. The number of esters is 3. The zero-order valence-electron chi connectivity index (χ0n) is 52.6. The van der Waals surface area contributed by atoms with Gasteiger partial charge in [0.25, 0.3) is 0 Å². The second-order valence-electron chi connectivity index (χ2n) is 20.5. The largest absolute Gasteiger partial charge is 0.462 e. The van der Waals surface area contributed by atoms with E-state index in [2.05, 4.69) is 215 Å². The van der Waals surface area contributed by atoms with Crippen molar-refractivity contribution >= 4 is 17.9 Å². The molecule has 0 bridgehead atoms. The van der Waals surface area contributed by atoms with E-state index in [1.54, 1.807) is 0 Å². The topological polar surface area (TPSA) is 78.9 Å². The van der Waals surface area contributed by atoms with E-state index >= 15 is 0 Å². The van der Waals surface area contributed by atoms with Gasteiger partial charge >= 0.3 is 17.9 Å². The molecule has 0 heterocycles. The Morgan fingerprint density at radius 1 is 0.241 bits per heavy atom. The van der Waals surface area contributed by atoms with E-state index in [1.807, 2.05) is 12.2 Å². The molecule has 0 aromatic rings. The third-order valence-corrected chi connectivity index (χ3v) is 12.8. The van der Waals surface area contributed by atoms with Gasteiger partial charge in [-0.1, -0.05) is 279 Å². The lowest BCUT2D eigenvalue weighted by Crippen LogP contribution is -2.30. The summed E-state index contributed by atoms with van der Waals surface area (Å²) in [5.74, 6) is -1.10. The fourth-order valence-electron chi connectivity index (χ4n) is 8.04. The second kappa shape index (κ2) is 68.5. The van der Waals surface area contributed by atoms with Crippen LogP contribution < -0.4 is 0 Å². The van der Waals surface area contributed by atoms with Crippen LogP contribution in [-0.4, -0.2) is 37.2 Å². The molecule has 6 heteroatoms. The van der Waals surface area contributed by atoms with Crippen LogP contribution >= 0.6 is 0 Å². The molecule has 1 unspecified atom stereocenters. The van der Waals surface area contributed by atoms with E-state index in [9.17, 15) is 14.4 Å². The third-order valence-electron chi connectivity index (χ3n) is 12.8. The summed E-state index contributed by atoms with van der Waals surface area (Å²) in [6, 6.07) is 0. The van der Waals surface area contributed by atoms with Gasteiger partial charge in [0, 0.05) is 19.3 Å². The highest BCUT2D eigenvalue weighted by Gasteiger charge is 2.19. The average Bonchev–Trinajstić information content (AvgIpc) is 3.49. The van der Waals surface area contributed by atoms with Gasteiger partial charge in [-0.15, -0.1) is 0 Å². The maximum absolute atomic E-state index is 12.9. The quantitative estimate of drug-likeness (QED) is 0.0261. The smallest absolute Gasteiger partial charge is 0.306 e. The summed E-state index contributed by atoms with van der Waals surface area (Å²) in [4.78, 5) is 38.3. The fourth-order valence-corrected chi connectivity index (χ4v) is 8.04. The number of allylic oxidation sites excluding steroid dienone is 34. The molecule has 0 spiro atoms. The normalized spacial score (nSPS) is 13.5. The molecule has 1 atom stereocenters. The number of ether oxygens (including phenoxy) is 3. The molecule has 0 aliphatic heterocycles. The molecule has 0 rings (SSSR count). The Hall–Kier alpha value is -6.01. The Labute approximate surface area is 509 Å². The van der Waals surface area contributed by atoms with Gasteiger partial charge in [-0.3, -0.25) is 14.4 Å². The zero-order valence-corrected chi connectivity index (χ0v) is 52.6. The maximum Gasteiger partial charge on any atom is 0.306 e. The summed E-state index contributed by atoms with van der Waals surface area (Å²) in [7, 11) is 0. The van der Waals surface area contributed by atoms with Gasteiger partial charge in [-0.05, 0) is 148 Å². The van der Waals surface area contributed by atoms with Crippen LogP contribution in [0.1, 0.15) is 239 Å². The first kappa shape index (κ1) is 77.0. The Balaban J connectivity index is 4.53. The summed E-state index contributed by atoms with van der Waals surface area (Å²) < 4.78 is 16.8. The SMILES string of the molecule is CC/C=C\C/C=C\C/C=C\C/C=C\C/C=C\C/C=C\CCCCCCCCCCCCC(=O)OCC(COC(=O)CCC/C=C\C/C=C\C/C=C\C/C=C\C/C=C\CC)OC(=O)CC/C=C\C/C=C\C/C=C\C/C=C\C/C=C\C/C=C\CC. The fraction of sp³-hybridized carbons (Fsp3) is 0.519. The van der Waals surface area contributed by atoms with Crippen molar-refractivity contribution in [3.8, 4) is 0 Å². The number of unbranched alkanes of at least 4 members (excludes halogenated alkanes) is 11. The first-order valence-corrected chi connectivity index (χ1v) is 32.6. The van der Waals surface area contributed by atoms with Gasteiger partial charge < -0.3 is 14.2 Å². The van der Waals surface area contributed by atoms with Crippen LogP contribution in [0.5, 0.6) is 0 Å². The lowest BCUT2D eigenvalue weighted by atomic mass is 10.1. The van der Waals surface area contributed by atoms with Crippen LogP contribution in [0.25, 0.3) is 0 Å². The first-order valence-electron chi connectivity index (χ1n) is 32.6. The molecule has 0 aliphatic carbocycles. The Bertz CT molecular complexity index is 2030. The predicted octanol–water partition coefficient (Wildman–Crippen LogP) is 22.8. The second-order valence-corrected chi connectivity index (χ2v) is 20.5. The Morgan fingerprint density at radius 3 is 0.771 bits per heavy atom. The van der Waals surface area contributed by atoms with Gasteiger partial charge in [0.1, 0.15) is 13.2 Å². The minimum atomic E-state index is -0.858. The van der Waals surface area contributed by atoms with Crippen molar-refractivity contribution in [1.82, 2.24) is 0 Å². The monoisotopic (exact) mass is 1140 g/mol. The van der Waals surface area contributed by atoms with Gasteiger partial charge in [0.2, 0.25) is 0 Å². The van der Waals surface area contributed by atoms with Crippen LogP contribution in [0.3, 0.4) is 0 Å². The summed E-state index contributed by atoms with van der Waals surface area (Å²) in [5, 5.41) is 0. The molecule has 83 heavy (non-hydrogen) atoms. The van der Waals surface area contributed by atoms with Crippen molar-refractivity contribution in [2.75, 3.05) is 13.2 Å². The van der Waals surface area contributed by atoms with Crippen LogP contribution in [0.4, 0.5) is 0 Å². The number of hydrogen-bond donors (Lipinski definition) is 0. The number of carbonyl (C=O) groups is 3. The van der Waals surface area contributed by atoms with Crippen molar-refractivity contribution in [2.45, 2.75) is 245 Å². The van der Waals surface area contributed by atoms with Crippen LogP contribution in [-0.2, 0) is 28.6 Å². The summed E-state index contributed by atoms with van der Waals surface area (Å²) in [6.07, 6.45) is 106. The van der Waals surface area contributed by atoms with E-state index in [4.69, 9.17) is 14.2 Å². The molecular weight excluding hydrogens is 1020 g/mol. The van der Waals surface area contributed by atoms with Crippen molar-refractivity contribution in [2.24, 2.45) is 0 Å². The van der Waals surface area contributed by atoms with Crippen molar-refractivity contribution in [3.63, 3.8) is 0 Å². The average molecular weight is 1140 g/mol. The molecule has 0 aromatic heterocycles. The third kappa shape index (κ3) is 66.7. The van der Waals surface area contributed by atoms with Crippen LogP contribution in [0, 0.1) is 0 Å². The minimum absolute atomic E-state index is 0.140. The van der Waals surface area contributed by atoms with Gasteiger partial charge in [-0.25, -0.2) is 0 Å². The summed E-state index contributed by atoms with van der Waals surface area (Å²) >= 11 is 0. The highest BCUT2D eigenvalue weighted by atomic mass is 16.6. The molecule has 0 radical (unpaired) electrons. The van der Waals surface area contributed by atoms with Crippen molar-refractivity contribution in [1.29, 1.82) is 0 Å². The molecular formula is C77H116O6. The van der Waals surface area contributed by atoms with Gasteiger partial charge in [0.15, 0.2) is 6.10 Å². The number of rotatable bonds is 56. The van der Waals surface area contributed by atoms with E-state index in [0.717, 1.165) is 141 Å².